The van der Waals surface area contributed by atoms with Crippen LogP contribution < -0.4 is 0 Å². The molecule has 3 aromatic rings. The summed E-state index contributed by atoms with van der Waals surface area (Å²) < 4.78 is 7.51. The number of benzene rings is 1. The molecule has 0 amide bonds. The van der Waals surface area contributed by atoms with Crippen LogP contribution in [-0.4, -0.2) is 20.6 Å². The van der Waals surface area contributed by atoms with E-state index in [9.17, 15) is 0 Å². The minimum absolute atomic E-state index is 0.615. The van der Waals surface area contributed by atoms with E-state index in [1.54, 1.807) is 12.4 Å². The summed E-state index contributed by atoms with van der Waals surface area (Å²) in [5.74, 6) is 2.06. The summed E-state index contributed by atoms with van der Waals surface area (Å²) in [4.78, 5) is 4.25. The van der Waals surface area contributed by atoms with E-state index in [-0.39, 0.29) is 0 Å². The maximum atomic E-state index is 5.70. The molecule has 3 rings (SSSR count). The number of hydrogen-bond acceptors (Lipinski definition) is 3. The normalized spacial score (nSPS) is 10.8. The van der Waals surface area contributed by atoms with Crippen LogP contribution >= 0.6 is 11.6 Å². The lowest BCUT2D eigenvalue weighted by atomic mass is 10.3. The van der Waals surface area contributed by atoms with Crippen molar-refractivity contribution in [3.05, 3.63) is 54.8 Å². The molecule has 0 atom stereocenters. The van der Waals surface area contributed by atoms with Crippen molar-refractivity contribution >= 4 is 11.6 Å². The quantitative estimate of drug-likeness (QED) is 0.672. The van der Waals surface area contributed by atoms with Gasteiger partial charge in [0.05, 0.1) is 23.6 Å². The van der Waals surface area contributed by atoms with Crippen LogP contribution in [0.15, 0.2) is 53.3 Å². The van der Waals surface area contributed by atoms with Gasteiger partial charge in [-0.3, -0.25) is 0 Å². The van der Waals surface area contributed by atoms with Crippen molar-refractivity contribution in [1.29, 1.82) is 0 Å². The van der Waals surface area contributed by atoms with Crippen LogP contribution in [-0.2, 0) is 6.42 Å². The van der Waals surface area contributed by atoms with Gasteiger partial charge in [-0.2, -0.15) is 5.10 Å². The lowest BCUT2D eigenvalue weighted by molar-refractivity contribution is 0.503. The van der Waals surface area contributed by atoms with Gasteiger partial charge in [0.25, 0.3) is 0 Å². The van der Waals surface area contributed by atoms with Gasteiger partial charge in [0.15, 0.2) is 11.7 Å². The second-order valence-electron chi connectivity index (χ2n) is 4.42. The Morgan fingerprint density at radius 3 is 2.80 bits per heavy atom. The largest absolute Gasteiger partial charge is 0.441 e. The summed E-state index contributed by atoms with van der Waals surface area (Å²) in [6.45, 7) is 0. The number of para-hydroxylation sites is 1. The van der Waals surface area contributed by atoms with Crippen molar-refractivity contribution < 1.29 is 4.42 Å². The van der Waals surface area contributed by atoms with Gasteiger partial charge < -0.3 is 4.42 Å². The van der Waals surface area contributed by atoms with Crippen molar-refractivity contribution in [3.8, 4) is 17.0 Å². The minimum Gasteiger partial charge on any atom is -0.441 e. The Balaban J connectivity index is 1.81. The Morgan fingerprint density at radius 1 is 1.15 bits per heavy atom. The van der Waals surface area contributed by atoms with Gasteiger partial charge in [-0.05, 0) is 18.6 Å². The van der Waals surface area contributed by atoms with Crippen molar-refractivity contribution in [2.24, 2.45) is 0 Å². The number of oxazole rings is 1. The van der Waals surface area contributed by atoms with Gasteiger partial charge in [-0.15, -0.1) is 11.6 Å². The molecule has 5 heteroatoms. The lowest BCUT2D eigenvalue weighted by Crippen LogP contribution is -1.92. The summed E-state index contributed by atoms with van der Waals surface area (Å²) in [5.41, 5.74) is 1.93. The molecule has 0 spiro atoms. The first kappa shape index (κ1) is 12.9. The van der Waals surface area contributed by atoms with E-state index in [0.717, 1.165) is 29.9 Å². The predicted octanol–water partition coefficient (Wildman–Crippen LogP) is 3.70. The molecule has 0 fully saturated rings. The summed E-state index contributed by atoms with van der Waals surface area (Å²) >= 11 is 5.66. The number of rotatable bonds is 5. The Kier molecular flexibility index (Phi) is 3.83. The van der Waals surface area contributed by atoms with Gasteiger partial charge in [0.1, 0.15) is 0 Å². The molecule has 0 unspecified atom stereocenters. The topological polar surface area (TPSA) is 43.9 Å². The van der Waals surface area contributed by atoms with Gasteiger partial charge in [0, 0.05) is 18.5 Å². The number of halogens is 1. The maximum Gasteiger partial charge on any atom is 0.194 e. The Labute approximate surface area is 122 Å². The Morgan fingerprint density at radius 2 is 2.00 bits per heavy atom. The Hall–Kier alpha value is -2.07. The summed E-state index contributed by atoms with van der Waals surface area (Å²) in [5, 5.41) is 4.34. The zero-order valence-electron chi connectivity index (χ0n) is 10.9. The summed E-state index contributed by atoms with van der Waals surface area (Å²) in [7, 11) is 0. The highest BCUT2D eigenvalue weighted by Crippen LogP contribution is 2.21. The van der Waals surface area contributed by atoms with Crippen molar-refractivity contribution in [1.82, 2.24) is 14.8 Å². The van der Waals surface area contributed by atoms with E-state index in [0.29, 0.717) is 11.8 Å². The third kappa shape index (κ3) is 2.75. The minimum atomic E-state index is 0.615. The second-order valence-corrected chi connectivity index (χ2v) is 4.80. The molecule has 4 nitrogen and oxygen atoms in total. The van der Waals surface area contributed by atoms with Gasteiger partial charge >= 0.3 is 0 Å². The van der Waals surface area contributed by atoms with Crippen LogP contribution in [0.4, 0.5) is 0 Å². The number of alkyl halides is 1. The fourth-order valence-corrected chi connectivity index (χ4v) is 2.08. The molecule has 2 aromatic heterocycles. The average molecular weight is 288 g/mol. The van der Waals surface area contributed by atoms with E-state index < -0.39 is 0 Å². The highest BCUT2D eigenvalue weighted by atomic mass is 35.5. The van der Waals surface area contributed by atoms with Crippen LogP contribution in [0.2, 0.25) is 0 Å². The van der Waals surface area contributed by atoms with E-state index in [4.69, 9.17) is 16.0 Å². The van der Waals surface area contributed by atoms with Crippen LogP contribution in [0.3, 0.4) is 0 Å². The molecule has 1 aromatic carbocycles. The molecule has 0 saturated carbocycles. The molecule has 0 N–H and O–H groups in total. The predicted molar refractivity (Wildman–Crippen MR) is 78.1 cm³/mol. The molecule has 0 aliphatic heterocycles. The monoisotopic (exact) mass is 287 g/mol. The molecule has 2 heterocycles. The standard InChI is InChI=1S/C15H14ClN3O/c16-8-4-7-15-17-10-14(20-15)12-9-18-19(11-12)13-5-2-1-3-6-13/h1-3,5-6,9-11H,4,7-8H2. The zero-order valence-corrected chi connectivity index (χ0v) is 11.6. The zero-order chi connectivity index (χ0) is 13.8. The molecule has 0 aliphatic rings. The van der Waals surface area contributed by atoms with Crippen LogP contribution in [0.25, 0.3) is 17.0 Å². The molecule has 0 aliphatic carbocycles. The molecule has 20 heavy (non-hydrogen) atoms. The molecule has 0 bridgehead atoms. The molecule has 102 valence electrons. The molecular formula is C15H14ClN3O. The third-order valence-electron chi connectivity index (χ3n) is 2.97. The lowest BCUT2D eigenvalue weighted by Gasteiger charge is -1.98. The van der Waals surface area contributed by atoms with Crippen LogP contribution in [0.1, 0.15) is 12.3 Å². The maximum absolute atomic E-state index is 5.70. The fraction of sp³-hybridized carbons (Fsp3) is 0.200. The first-order valence-electron chi connectivity index (χ1n) is 6.48. The second kappa shape index (κ2) is 5.92. The molecule has 0 radical (unpaired) electrons. The number of aromatic nitrogens is 3. The van der Waals surface area contributed by atoms with Crippen LogP contribution in [0.5, 0.6) is 0 Å². The van der Waals surface area contributed by atoms with Crippen LogP contribution in [0, 0.1) is 0 Å². The smallest absolute Gasteiger partial charge is 0.194 e. The van der Waals surface area contributed by atoms with E-state index in [1.165, 1.54) is 0 Å². The molecular weight excluding hydrogens is 274 g/mol. The van der Waals surface area contributed by atoms with E-state index >= 15 is 0 Å². The summed E-state index contributed by atoms with van der Waals surface area (Å²) in [6, 6.07) is 9.95. The van der Waals surface area contributed by atoms with Gasteiger partial charge in [-0.25, -0.2) is 9.67 Å². The Bertz CT molecular complexity index is 675. The number of aryl methyl sites for hydroxylation is 1. The first-order valence-corrected chi connectivity index (χ1v) is 7.01. The van der Waals surface area contributed by atoms with E-state index in [1.807, 2.05) is 41.2 Å². The highest BCUT2D eigenvalue weighted by Gasteiger charge is 2.09. The number of nitrogens with zero attached hydrogens (tertiary/aromatic N) is 3. The third-order valence-corrected chi connectivity index (χ3v) is 3.23. The van der Waals surface area contributed by atoms with Gasteiger partial charge in [0.2, 0.25) is 0 Å². The van der Waals surface area contributed by atoms with Crippen molar-refractivity contribution in [2.45, 2.75) is 12.8 Å². The first-order chi connectivity index (χ1) is 9.86. The van der Waals surface area contributed by atoms with E-state index in [2.05, 4.69) is 10.1 Å². The van der Waals surface area contributed by atoms with Crippen molar-refractivity contribution in [3.63, 3.8) is 0 Å². The number of hydrogen-bond donors (Lipinski definition) is 0. The average Bonchev–Trinajstić information content (AvgIpc) is 3.15. The van der Waals surface area contributed by atoms with Gasteiger partial charge in [-0.1, -0.05) is 18.2 Å². The molecule has 0 saturated heterocycles. The summed E-state index contributed by atoms with van der Waals surface area (Å²) in [6.07, 6.45) is 7.07. The van der Waals surface area contributed by atoms with Crippen molar-refractivity contribution in [2.75, 3.05) is 5.88 Å². The highest BCUT2D eigenvalue weighted by molar-refractivity contribution is 6.17. The fourth-order valence-electron chi connectivity index (χ4n) is 1.95. The SMILES string of the molecule is ClCCCc1ncc(-c2cnn(-c3ccccc3)c2)o1.